The van der Waals surface area contributed by atoms with E-state index in [4.69, 9.17) is 11.6 Å². The maximum Gasteiger partial charge on any atom is 0.252 e. The average molecular weight is 191 g/mol. The van der Waals surface area contributed by atoms with Gasteiger partial charge in [0.25, 0.3) is 5.24 Å². The van der Waals surface area contributed by atoms with Gasteiger partial charge in [-0.1, -0.05) is 0 Å². The van der Waals surface area contributed by atoms with E-state index < -0.39 is 16.9 Å². The second-order valence-electron chi connectivity index (χ2n) is 2.34. The first-order valence-corrected chi connectivity index (χ1v) is 3.55. The number of hydrogen-bond donors (Lipinski definition) is 0. The molecule has 0 amide bonds. The lowest BCUT2D eigenvalue weighted by atomic mass is 10.1. The summed E-state index contributed by atoms with van der Waals surface area (Å²) in [6, 6.07) is 1.82. The Balaban J connectivity index is 3.31. The van der Waals surface area contributed by atoms with E-state index >= 15 is 0 Å². The molecule has 1 nitrogen and oxygen atoms in total. The molecule has 0 fully saturated rings. The Morgan fingerprint density at radius 3 is 2.08 bits per heavy atom. The summed E-state index contributed by atoms with van der Waals surface area (Å²) in [7, 11) is 0. The number of rotatable bonds is 1. The van der Waals surface area contributed by atoms with Crippen molar-refractivity contribution < 1.29 is 13.6 Å². The number of hydrogen-bond acceptors (Lipinski definition) is 1. The smallest absolute Gasteiger partial charge is 0.252 e. The summed E-state index contributed by atoms with van der Waals surface area (Å²) in [5.41, 5.74) is -0.283. The maximum absolute atomic E-state index is 12.7. The van der Waals surface area contributed by atoms with Crippen LogP contribution < -0.4 is 0 Å². The Bertz CT molecular complexity index is 313. The lowest BCUT2D eigenvalue weighted by Gasteiger charge is -1.99. The Morgan fingerprint density at radius 1 is 1.33 bits per heavy atom. The Kier molecular flexibility index (Phi) is 2.43. The third-order valence-corrected chi connectivity index (χ3v) is 1.73. The summed E-state index contributed by atoms with van der Waals surface area (Å²) < 4.78 is 25.5. The third kappa shape index (κ3) is 1.61. The molecule has 0 bridgehead atoms. The Morgan fingerprint density at radius 2 is 1.75 bits per heavy atom. The van der Waals surface area contributed by atoms with Gasteiger partial charge in [-0.3, -0.25) is 4.79 Å². The second kappa shape index (κ2) is 3.19. The van der Waals surface area contributed by atoms with Gasteiger partial charge in [0.2, 0.25) is 0 Å². The summed E-state index contributed by atoms with van der Waals surface area (Å²) in [6.07, 6.45) is 0. The number of halogens is 3. The molecule has 0 aliphatic carbocycles. The molecule has 0 saturated heterocycles. The van der Waals surface area contributed by atoms with Crippen LogP contribution in [0.5, 0.6) is 0 Å². The third-order valence-electron chi connectivity index (χ3n) is 1.51. The van der Waals surface area contributed by atoms with Crippen LogP contribution in [0.1, 0.15) is 15.9 Å². The molecule has 0 atom stereocenters. The monoisotopic (exact) mass is 190 g/mol. The molecule has 0 radical (unpaired) electrons. The number of carbonyl (C=O) groups is 1. The highest BCUT2D eigenvalue weighted by molar-refractivity contribution is 6.67. The van der Waals surface area contributed by atoms with Crippen molar-refractivity contribution in [2.75, 3.05) is 0 Å². The van der Waals surface area contributed by atoms with Crippen LogP contribution in [0.15, 0.2) is 12.1 Å². The molecule has 0 saturated carbocycles. The topological polar surface area (TPSA) is 17.1 Å². The standard InChI is InChI=1S/C8H5ClF2O/c1-4-6(10)2-5(8(9)12)3-7(4)11/h2-3H,1H3. The highest BCUT2D eigenvalue weighted by atomic mass is 35.5. The summed E-state index contributed by atoms with van der Waals surface area (Å²) in [5, 5.41) is -0.868. The first kappa shape index (κ1) is 9.13. The molecular formula is C8H5ClF2O. The van der Waals surface area contributed by atoms with Crippen LogP contribution in [-0.2, 0) is 0 Å². The van der Waals surface area contributed by atoms with Gasteiger partial charge in [0.1, 0.15) is 11.6 Å². The minimum absolute atomic E-state index is 0.114. The number of benzene rings is 1. The van der Waals surface area contributed by atoms with Crippen molar-refractivity contribution in [2.24, 2.45) is 0 Å². The average Bonchev–Trinajstić information content (AvgIpc) is 1.99. The van der Waals surface area contributed by atoms with Crippen LogP contribution in [0.4, 0.5) is 8.78 Å². The zero-order valence-electron chi connectivity index (χ0n) is 6.20. The summed E-state index contributed by atoms with van der Waals surface area (Å²) >= 11 is 5.03. The van der Waals surface area contributed by atoms with Gasteiger partial charge < -0.3 is 0 Å². The molecule has 64 valence electrons. The van der Waals surface area contributed by atoms with Crippen molar-refractivity contribution in [1.82, 2.24) is 0 Å². The first-order valence-electron chi connectivity index (χ1n) is 3.18. The zero-order chi connectivity index (χ0) is 9.30. The van der Waals surface area contributed by atoms with Crippen LogP contribution in [0.25, 0.3) is 0 Å². The van der Waals surface area contributed by atoms with Crippen molar-refractivity contribution in [3.63, 3.8) is 0 Å². The predicted octanol–water partition coefficient (Wildman–Crippen LogP) is 2.65. The quantitative estimate of drug-likeness (QED) is 0.623. The van der Waals surface area contributed by atoms with E-state index in [1.165, 1.54) is 6.92 Å². The molecule has 12 heavy (non-hydrogen) atoms. The molecule has 0 spiro atoms. The molecule has 1 aromatic rings. The lowest BCUT2D eigenvalue weighted by Crippen LogP contribution is -1.95. The van der Waals surface area contributed by atoms with E-state index in [-0.39, 0.29) is 11.1 Å². The van der Waals surface area contributed by atoms with Gasteiger partial charge in [-0.15, -0.1) is 0 Å². The molecular weight excluding hydrogens is 186 g/mol. The maximum atomic E-state index is 12.7. The summed E-state index contributed by atoms with van der Waals surface area (Å²) in [5.74, 6) is -1.53. The molecule has 0 aliphatic heterocycles. The fourth-order valence-corrected chi connectivity index (χ4v) is 0.868. The van der Waals surface area contributed by atoms with E-state index in [0.717, 1.165) is 12.1 Å². The van der Waals surface area contributed by atoms with Crippen molar-refractivity contribution in [1.29, 1.82) is 0 Å². The molecule has 1 rings (SSSR count). The molecule has 4 heteroatoms. The van der Waals surface area contributed by atoms with Crippen molar-refractivity contribution in [2.45, 2.75) is 6.92 Å². The van der Waals surface area contributed by atoms with E-state index in [1.807, 2.05) is 0 Å². The van der Waals surface area contributed by atoms with Gasteiger partial charge in [-0.25, -0.2) is 8.78 Å². The van der Waals surface area contributed by atoms with Crippen LogP contribution >= 0.6 is 11.6 Å². The Hall–Kier alpha value is -0.960. The minimum Gasteiger partial charge on any atom is -0.276 e. The molecule has 0 heterocycles. The molecule has 1 aromatic carbocycles. The highest BCUT2D eigenvalue weighted by Crippen LogP contribution is 2.15. The molecule has 0 aromatic heterocycles. The van der Waals surface area contributed by atoms with Crippen LogP contribution in [0.3, 0.4) is 0 Å². The fourth-order valence-electron chi connectivity index (χ4n) is 0.759. The van der Waals surface area contributed by atoms with Gasteiger partial charge >= 0.3 is 0 Å². The van der Waals surface area contributed by atoms with E-state index in [0.29, 0.717) is 0 Å². The SMILES string of the molecule is Cc1c(F)cc(C(=O)Cl)cc1F. The highest BCUT2D eigenvalue weighted by Gasteiger charge is 2.09. The second-order valence-corrected chi connectivity index (χ2v) is 2.68. The largest absolute Gasteiger partial charge is 0.276 e. The van der Waals surface area contributed by atoms with Gasteiger partial charge in [-0.05, 0) is 30.7 Å². The first-order chi connectivity index (χ1) is 5.52. The van der Waals surface area contributed by atoms with E-state index in [2.05, 4.69) is 0 Å². The fraction of sp³-hybridized carbons (Fsp3) is 0.125. The minimum atomic E-state index is -0.868. The molecule has 0 unspecified atom stereocenters. The number of carbonyl (C=O) groups excluding carboxylic acids is 1. The van der Waals surface area contributed by atoms with Gasteiger partial charge in [0.15, 0.2) is 0 Å². The van der Waals surface area contributed by atoms with E-state index in [9.17, 15) is 13.6 Å². The van der Waals surface area contributed by atoms with Crippen LogP contribution in [-0.4, -0.2) is 5.24 Å². The van der Waals surface area contributed by atoms with Crippen molar-refractivity contribution >= 4 is 16.8 Å². The molecule has 0 N–H and O–H groups in total. The summed E-state index contributed by atoms with van der Waals surface area (Å²) in [6.45, 7) is 1.28. The zero-order valence-corrected chi connectivity index (χ0v) is 6.95. The van der Waals surface area contributed by atoms with Gasteiger partial charge in [-0.2, -0.15) is 0 Å². The van der Waals surface area contributed by atoms with Crippen LogP contribution in [0.2, 0.25) is 0 Å². The van der Waals surface area contributed by atoms with Gasteiger partial charge in [0, 0.05) is 11.1 Å². The van der Waals surface area contributed by atoms with E-state index in [1.54, 1.807) is 0 Å². The predicted molar refractivity (Wildman–Crippen MR) is 41.3 cm³/mol. The lowest BCUT2D eigenvalue weighted by molar-refractivity contribution is 0.108. The van der Waals surface area contributed by atoms with Gasteiger partial charge in [0.05, 0.1) is 0 Å². The van der Waals surface area contributed by atoms with Crippen LogP contribution in [0, 0.1) is 18.6 Å². The van der Waals surface area contributed by atoms with Crippen molar-refractivity contribution in [3.8, 4) is 0 Å². The van der Waals surface area contributed by atoms with Crippen molar-refractivity contribution in [3.05, 3.63) is 34.9 Å². The normalized spacial score (nSPS) is 10.0. The summed E-state index contributed by atoms with van der Waals surface area (Å²) in [4.78, 5) is 10.5. The Labute approximate surface area is 73.0 Å². The molecule has 0 aliphatic rings.